The molecule has 2 aliphatic rings. The second-order valence-corrected chi connectivity index (χ2v) is 12.4. The van der Waals surface area contributed by atoms with Crippen molar-refractivity contribution in [2.75, 3.05) is 0 Å². The molecule has 0 aromatic rings. The highest BCUT2D eigenvalue weighted by Crippen LogP contribution is 2.48. The zero-order valence-corrected chi connectivity index (χ0v) is 24.2. The van der Waals surface area contributed by atoms with Crippen LogP contribution in [0, 0.1) is 10.8 Å². The average Bonchev–Trinajstić information content (AvgIpc) is 3.07. The van der Waals surface area contributed by atoms with Crippen LogP contribution in [0.2, 0.25) is 0 Å². The first-order valence-electron chi connectivity index (χ1n) is 13.4. The van der Waals surface area contributed by atoms with E-state index in [1.165, 1.54) is 13.8 Å². The van der Waals surface area contributed by atoms with E-state index in [1.807, 2.05) is 20.8 Å². The zero-order valence-electron chi connectivity index (χ0n) is 24.2. The van der Waals surface area contributed by atoms with Crippen LogP contribution in [0.15, 0.2) is 0 Å². The number of hydrogen-bond donors (Lipinski definition) is 2. The molecule has 0 aromatic carbocycles. The summed E-state index contributed by atoms with van der Waals surface area (Å²) in [6.07, 6.45) is -7.68. The molecule has 0 bridgehead atoms. The summed E-state index contributed by atoms with van der Waals surface area (Å²) in [7, 11) is 0. The number of aliphatic hydroxyl groups is 2. The first kappa shape index (κ1) is 35.5. The summed E-state index contributed by atoms with van der Waals surface area (Å²) in [6, 6.07) is 0. The maximum atomic E-state index is 12.7. The van der Waals surface area contributed by atoms with Crippen molar-refractivity contribution in [3.05, 3.63) is 0 Å². The van der Waals surface area contributed by atoms with Crippen LogP contribution in [0.25, 0.3) is 0 Å². The summed E-state index contributed by atoms with van der Waals surface area (Å²) in [5, 5.41) is 19.4. The third-order valence-corrected chi connectivity index (χ3v) is 7.78. The third-order valence-electron chi connectivity index (χ3n) is 7.78. The second kappa shape index (κ2) is 12.5. The van der Waals surface area contributed by atoms with Gasteiger partial charge in [-0.25, -0.2) is 8.78 Å². The van der Waals surface area contributed by atoms with Crippen LogP contribution < -0.4 is 0 Å². The summed E-state index contributed by atoms with van der Waals surface area (Å²) in [5.74, 6) is -2.50. The molecule has 5 unspecified atom stereocenters. The molecule has 2 rings (SSSR count). The van der Waals surface area contributed by atoms with Crippen molar-refractivity contribution in [3.63, 3.8) is 0 Å². The van der Waals surface area contributed by atoms with E-state index in [4.69, 9.17) is 9.47 Å². The van der Waals surface area contributed by atoms with Gasteiger partial charge in [0.1, 0.15) is 17.3 Å². The van der Waals surface area contributed by atoms with E-state index in [-0.39, 0.29) is 18.5 Å². The lowest BCUT2D eigenvalue weighted by atomic mass is 9.79. The van der Waals surface area contributed by atoms with Gasteiger partial charge >= 0.3 is 18.1 Å². The number of hydrogen-bond acceptors (Lipinski definition) is 7. The van der Waals surface area contributed by atoms with Gasteiger partial charge in [-0.3, -0.25) is 9.59 Å². The largest absolute Gasteiger partial charge is 0.456 e. The highest BCUT2D eigenvalue weighted by Gasteiger charge is 2.57. The molecule has 1 aliphatic carbocycles. The van der Waals surface area contributed by atoms with Crippen molar-refractivity contribution in [2.24, 2.45) is 10.8 Å². The van der Waals surface area contributed by atoms with Gasteiger partial charge in [0, 0.05) is 12.8 Å². The molecule has 1 aliphatic heterocycles. The Morgan fingerprint density at radius 3 is 1.97 bits per heavy atom. The first-order chi connectivity index (χ1) is 17.4. The number of carbonyl (C=O) groups excluding carboxylic acids is 2. The summed E-state index contributed by atoms with van der Waals surface area (Å²) in [4.78, 5) is 24.0. The molecule has 0 spiro atoms. The van der Waals surface area contributed by atoms with Gasteiger partial charge in [0.2, 0.25) is 0 Å². The van der Waals surface area contributed by atoms with Crippen LogP contribution in [-0.2, 0) is 23.8 Å². The van der Waals surface area contributed by atoms with E-state index >= 15 is 0 Å². The minimum atomic E-state index is -5.03. The molecule has 2 fully saturated rings. The Labute approximate surface area is 227 Å². The van der Waals surface area contributed by atoms with Crippen molar-refractivity contribution < 1.29 is 56.0 Å². The Hall–Kier alpha value is -1.53. The molecule has 0 aromatic heterocycles. The van der Waals surface area contributed by atoms with Crippen LogP contribution in [0.4, 0.5) is 22.0 Å². The highest BCUT2D eigenvalue weighted by atomic mass is 19.4. The predicted molar refractivity (Wildman–Crippen MR) is 133 cm³/mol. The Bertz CT molecular complexity index is 839. The Morgan fingerprint density at radius 2 is 1.51 bits per heavy atom. The third kappa shape index (κ3) is 9.52. The van der Waals surface area contributed by atoms with Gasteiger partial charge in [0.05, 0.1) is 10.8 Å². The van der Waals surface area contributed by atoms with E-state index in [0.29, 0.717) is 13.3 Å². The van der Waals surface area contributed by atoms with E-state index in [2.05, 4.69) is 4.74 Å². The molecular weight excluding hydrogens is 531 g/mol. The monoisotopic (exact) mass is 576 g/mol. The number of rotatable bonds is 9. The first-order valence-corrected chi connectivity index (χ1v) is 13.4. The molecule has 2 N–H and O–H groups in total. The SMILES string of the molecule is CCC(C)(C)C(=O)OC(CC(C)(O)C(F)F)C(F)(F)F.CCC(C)(C)C(=O)OC12CCCCC1OC(C)(O)C2. The summed E-state index contributed by atoms with van der Waals surface area (Å²) in [5.41, 5.74) is -5.16. The normalized spacial score (nSPS) is 28.1. The van der Waals surface area contributed by atoms with Crippen molar-refractivity contribution in [2.45, 2.75) is 149 Å². The number of fused-ring (bicyclic) bond motifs is 1. The van der Waals surface area contributed by atoms with Crippen LogP contribution in [0.5, 0.6) is 0 Å². The second-order valence-electron chi connectivity index (χ2n) is 12.4. The van der Waals surface area contributed by atoms with Crippen LogP contribution in [-0.4, -0.2) is 64.0 Å². The fourth-order valence-electron chi connectivity index (χ4n) is 4.19. The van der Waals surface area contributed by atoms with Gasteiger partial charge in [-0.2, -0.15) is 13.2 Å². The molecular formula is C27H45F5O7. The average molecular weight is 577 g/mol. The number of carbonyl (C=O) groups is 2. The van der Waals surface area contributed by atoms with E-state index in [1.54, 1.807) is 13.8 Å². The summed E-state index contributed by atoms with van der Waals surface area (Å²) in [6.45, 7) is 12.4. The maximum Gasteiger partial charge on any atom is 0.425 e. The lowest BCUT2D eigenvalue weighted by Crippen LogP contribution is -2.47. The van der Waals surface area contributed by atoms with Gasteiger partial charge in [-0.05, 0) is 73.6 Å². The van der Waals surface area contributed by atoms with Crippen LogP contribution in [0.3, 0.4) is 0 Å². The molecule has 0 radical (unpaired) electrons. The minimum Gasteiger partial charge on any atom is -0.456 e. The van der Waals surface area contributed by atoms with E-state index in [9.17, 15) is 41.8 Å². The van der Waals surface area contributed by atoms with E-state index < -0.39 is 58.9 Å². The molecule has 1 heterocycles. The van der Waals surface area contributed by atoms with E-state index in [0.717, 1.165) is 32.1 Å². The molecule has 0 amide bonds. The van der Waals surface area contributed by atoms with Crippen molar-refractivity contribution in [3.8, 4) is 0 Å². The number of ether oxygens (including phenoxy) is 3. The molecule has 12 heteroatoms. The molecule has 5 atom stereocenters. The summed E-state index contributed by atoms with van der Waals surface area (Å²) >= 11 is 0. The van der Waals surface area contributed by atoms with Gasteiger partial charge in [0.15, 0.2) is 11.9 Å². The molecule has 1 saturated heterocycles. The highest BCUT2D eigenvalue weighted by molar-refractivity contribution is 5.76. The molecule has 39 heavy (non-hydrogen) atoms. The van der Waals surface area contributed by atoms with Gasteiger partial charge in [0.25, 0.3) is 6.43 Å². The smallest absolute Gasteiger partial charge is 0.425 e. The van der Waals surface area contributed by atoms with Gasteiger partial charge in [-0.15, -0.1) is 0 Å². The zero-order chi connectivity index (χ0) is 30.7. The Balaban J connectivity index is 0.000000390. The van der Waals surface area contributed by atoms with Crippen molar-refractivity contribution >= 4 is 11.9 Å². The lowest BCUT2D eigenvalue weighted by Gasteiger charge is -2.39. The van der Waals surface area contributed by atoms with Crippen LogP contribution in [0.1, 0.15) is 107 Å². The van der Waals surface area contributed by atoms with Gasteiger partial charge < -0.3 is 24.4 Å². The molecule has 1 saturated carbocycles. The lowest BCUT2D eigenvalue weighted by molar-refractivity contribution is -0.242. The Kier molecular flexibility index (Phi) is 11.4. The maximum absolute atomic E-state index is 12.7. The number of esters is 2. The minimum absolute atomic E-state index is 0.159. The fourth-order valence-corrected chi connectivity index (χ4v) is 4.19. The Morgan fingerprint density at radius 1 is 1.00 bits per heavy atom. The molecule has 230 valence electrons. The predicted octanol–water partition coefficient (Wildman–Crippen LogP) is 6.08. The standard InChI is InChI=1S/C15H26O4.C12H19F5O3/c1-5-13(2,3)12(16)19-15-9-7-6-8-11(15)18-14(4,17)10-15;1-5-10(2,3)9(18)20-7(12(15,16)17)6-11(4,19)8(13)14/h11,17H,5-10H2,1-4H3;7-8,19H,5-6H2,1-4H3. The van der Waals surface area contributed by atoms with Crippen LogP contribution >= 0.6 is 0 Å². The fraction of sp³-hybridized carbons (Fsp3) is 0.926. The van der Waals surface area contributed by atoms with Crippen molar-refractivity contribution in [1.29, 1.82) is 0 Å². The van der Waals surface area contributed by atoms with Crippen molar-refractivity contribution in [1.82, 2.24) is 0 Å². The number of alkyl halides is 5. The van der Waals surface area contributed by atoms with Gasteiger partial charge in [-0.1, -0.05) is 20.3 Å². The number of halogens is 5. The summed E-state index contributed by atoms with van der Waals surface area (Å²) < 4.78 is 78.9. The topological polar surface area (TPSA) is 102 Å². The quantitative estimate of drug-likeness (QED) is 0.253. The molecule has 7 nitrogen and oxygen atoms in total.